The molecule has 1 aliphatic heterocycles. The van der Waals surface area contributed by atoms with Gasteiger partial charge in [0, 0.05) is 13.1 Å². The molecule has 1 fully saturated rings. The molecule has 8 heteroatoms. The van der Waals surface area contributed by atoms with Crippen molar-refractivity contribution in [1.82, 2.24) is 14.9 Å². The number of hydrogen-bond acceptors (Lipinski definition) is 4. The number of hydrogen-bond donors (Lipinski definition) is 2. The van der Waals surface area contributed by atoms with Crippen LogP contribution >= 0.6 is 0 Å². The van der Waals surface area contributed by atoms with E-state index in [0.29, 0.717) is 12.8 Å². The number of urea groups is 1. The molecule has 0 aliphatic carbocycles. The highest BCUT2D eigenvalue weighted by atomic mass is 32.2. The molecule has 21 heavy (non-hydrogen) atoms. The molecule has 2 N–H and O–H groups in total. The molecule has 1 rings (SSSR count). The van der Waals surface area contributed by atoms with Crippen molar-refractivity contribution in [3.63, 3.8) is 0 Å². The molecular weight excluding hydrogens is 294 g/mol. The van der Waals surface area contributed by atoms with Crippen LogP contribution in [-0.2, 0) is 14.8 Å². The summed E-state index contributed by atoms with van der Waals surface area (Å²) in [5.74, 6) is -0.200. The Balaban J connectivity index is 2.61. The second kappa shape index (κ2) is 6.74. The van der Waals surface area contributed by atoms with Crippen LogP contribution in [0.15, 0.2) is 0 Å². The maximum absolute atomic E-state index is 12.5. The third kappa shape index (κ3) is 3.74. The number of nitrogens with one attached hydrogen (secondary N) is 2. The molecule has 3 amide bonds. The van der Waals surface area contributed by atoms with E-state index in [1.165, 1.54) is 4.90 Å². The maximum atomic E-state index is 12.5. The van der Waals surface area contributed by atoms with Crippen molar-refractivity contribution in [2.24, 2.45) is 5.92 Å². The van der Waals surface area contributed by atoms with Crippen molar-refractivity contribution in [2.75, 3.05) is 18.8 Å². The molecule has 1 unspecified atom stereocenters. The lowest BCUT2D eigenvalue weighted by molar-refractivity contribution is -0.133. The third-order valence-corrected chi connectivity index (χ3v) is 5.41. The van der Waals surface area contributed by atoms with Crippen molar-refractivity contribution in [3.05, 3.63) is 0 Å². The Hall–Kier alpha value is -1.15. The Morgan fingerprint density at radius 3 is 2.33 bits per heavy atom. The van der Waals surface area contributed by atoms with Crippen LogP contribution in [-0.4, -0.2) is 49.6 Å². The van der Waals surface area contributed by atoms with Gasteiger partial charge in [0.05, 0.1) is 5.75 Å². The van der Waals surface area contributed by atoms with Crippen LogP contribution < -0.4 is 10.0 Å². The summed E-state index contributed by atoms with van der Waals surface area (Å²) in [5, 5.41) is 2.78. The van der Waals surface area contributed by atoms with Crippen LogP contribution in [0.3, 0.4) is 0 Å². The molecule has 1 aliphatic rings. The molecule has 0 radical (unpaired) electrons. The van der Waals surface area contributed by atoms with Crippen molar-refractivity contribution < 1.29 is 18.0 Å². The van der Waals surface area contributed by atoms with Gasteiger partial charge < -0.3 is 5.32 Å². The normalized spacial score (nSPS) is 23.0. The van der Waals surface area contributed by atoms with Crippen molar-refractivity contribution >= 4 is 22.0 Å². The first-order valence-electron chi connectivity index (χ1n) is 7.31. The van der Waals surface area contributed by atoms with E-state index < -0.39 is 21.6 Å². The van der Waals surface area contributed by atoms with Crippen LogP contribution in [0.25, 0.3) is 0 Å². The Kier molecular flexibility index (Phi) is 5.75. The van der Waals surface area contributed by atoms with Gasteiger partial charge in [-0.2, -0.15) is 0 Å². The van der Waals surface area contributed by atoms with Gasteiger partial charge in [-0.25, -0.2) is 17.9 Å². The van der Waals surface area contributed by atoms with E-state index >= 15 is 0 Å². The minimum atomic E-state index is -3.24. The third-order valence-electron chi connectivity index (χ3n) is 4.01. The average Bonchev–Trinajstić information content (AvgIpc) is 2.67. The lowest BCUT2D eigenvalue weighted by Gasteiger charge is -2.29. The molecule has 1 atom stereocenters. The summed E-state index contributed by atoms with van der Waals surface area (Å²) < 4.78 is 25.0. The van der Waals surface area contributed by atoms with E-state index in [2.05, 4.69) is 10.0 Å². The summed E-state index contributed by atoms with van der Waals surface area (Å²) in [5.41, 5.74) is -0.833. The van der Waals surface area contributed by atoms with Gasteiger partial charge in [-0.15, -0.1) is 0 Å². The fourth-order valence-electron chi connectivity index (χ4n) is 2.45. The Labute approximate surface area is 126 Å². The number of nitrogens with zero attached hydrogens (tertiary/aromatic N) is 1. The standard InChI is InChI=1S/C13H25N3O4S/c1-5-13(10(3)4)11(17)16(12(18)15-13)9-7-8-14-21(19,20)6-2/h10,14H,5-9H2,1-4H3,(H,15,18). The number of imide groups is 1. The molecule has 1 heterocycles. The smallest absolute Gasteiger partial charge is 0.323 e. The van der Waals surface area contributed by atoms with Gasteiger partial charge in [-0.3, -0.25) is 9.69 Å². The van der Waals surface area contributed by atoms with Crippen molar-refractivity contribution in [2.45, 2.75) is 46.1 Å². The van der Waals surface area contributed by atoms with Gasteiger partial charge in [-0.05, 0) is 25.7 Å². The fourth-order valence-corrected chi connectivity index (χ4v) is 3.11. The molecule has 0 aromatic carbocycles. The van der Waals surface area contributed by atoms with Gasteiger partial charge in [0.2, 0.25) is 10.0 Å². The summed E-state index contributed by atoms with van der Waals surface area (Å²) in [4.78, 5) is 25.6. The topological polar surface area (TPSA) is 95.6 Å². The maximum Gasteiger partial charge on any atom is 0.325 e. The molecule has 1 saturated heterocycles. The van der Waals surface area contributed by atoms with E-state index in [-0.39, 0.29) is 30.7 Å². The highest BCUT2D eigenvalue weighted by Crippen LogP contribution is 2.29. The Morgan fingerprint density at radius 1 is 1.29 bits per heavy atom. The van der Waals surface area contributed by atoms with E-state index in [1.54, 1.807) is 6.92 Å². The van der Waals surface area contributed by atoms with E-state index in [0.717, 1.165) is 0 Å². The lowest BCUT2D eigenvalue weighted by Crippen LogP contribution is -2.51. The first kappa shape index (κ1) is 17.9. The SMILES string of the molecule is CCC1(C(C)C)NC(=O)N(CCCNS(=O)(=O)CC)C1=O. The average molecular weight is 319 g/mol. The first-order valence-corrected chi connectivity index (χ1v) is 8.96. The van der Waals surface area contributed by atoms with E-state index in [4.69, 9.17) is 0 Å². The zero-order valence-corrected chi connectivity index (χ0v) is 13.9. The zero-order chi connectivity index (χ0) is 16.3. The van der Waals surface area contributed by atoms with Gasteiger partial charge in [0.25, 0.3) is 5.91 Å². The quantitative estimate of drug-likeness (QED) is 0.508. The van der Waals surface area contributed by atoms with E-state index in [1.807, 2.05) is 20.8 Å². The predicted octanol–water partition coefficient (Wildman–Crippen LogP) is 0.672. The Morgan fingerprint density at radius 2 is 1.90 bits per heavy atom. The number of carbonyl (C=O) groups excluding carboxylic acids is 2. The van der Waals surface area contributed by atoms with Gasteiger partial charge in [-0.1, -0.05) is 20.8 Å². The fraction of sp³-hybridized carbons (Fsp3) is 0.846. The lowest BCUT2D eigenvalue weighted by atomic mass is 9.84. The highest BCUT2D eigenvalue weighted by Gasteiger charge is 2.51. The molecule has 122 valence electrons. The summed E-state index contributed by atoms with van der Waals surface area (Å²) in [7, 11) is -3.24. The minimum absolute atomic E-state index is 0.00236. The van der Waals surface area contributed by atoms with Crippen LogP contribution in [0, 0.1) is 5.92 Å². The number of amides is 3. The monoisotopic (exact) mass is 319 g/mol. The summed E-state index contributed by atoms with van der Waals surface area (Å²) >= 11 is 0. The molecule has 0 bridgehead atoms. The zero-order valence-electron chi connectivity index (χ0n) is 13.1. The minimum Gasteiger partial charge on any atom is -0.323 e. The van der Waals surface area contributed by atoms with E-state index in [9.17, 15) is 18.0 Å². The molecule has 0 spiro atoms. The summed E-state index contributed by atoms with van der Waals surface area (Å²) in [6, 6.07) is -0.395. The number of carbonyl (C=O) groups is 2. The van der Waals surface area contributed by atoms with Crippen LogP contribution in [0.2, 0.25) is 0 Å². The number of rotatable bonds is 8. The molecule has 7 nitrogen and oxygen atoms in total. The van der Waals surface area contributed by atoms with Gasteiger partial charge in [0.1, 0.15) is 5.54 Å². The van der Waals surface area contributed by atoms with Crippen LogP contribution in [0.4, 0.5) is 4.79 Å². The predicted molar refractivity (Wildman–Crippen MR) is 80.2 cm³/mol. The first-order chi connectivity index (χ1) is 9.70. The largest absolute Gasteiger partial charge is 0.325 e. The molecular formula is C13H25N3O4S. The highest BCUT2D eigenvalue weighted by molar-refractivity contribution is 7.89. The van der Waals surface area contributed by atoms with Crippen molar-refractivity contribution in [1.29, 1.82) is 0 Å². The molecule has 0 aromatic heterocycles. The Bertz CT molecular complexity index is 504. The molecule has 0 aromatic rings. The van der Waals surface area contributed by atoms with Gasteiger partial charge in [0.15, 0.2) is 0 Å². The second-order valence-electron chi connectivity index (χ2n) is 5.52. The van der Waals surface area contributed by atoms with Gasteiger partial charge >= 0.3 is 6.03 Å². The number of sulfonamides is 1. The summed E-state index contributed by atoms with van der Waals surface area (Å²) in [6.45, 7) is 7.66. The summed E-state index contributed by atoms with van der Waals surface area (Å²) in [6.07, 6.45) is 0.935. The van der Waals surface area contributed by atoms with Crippen molar-refractivity contribution in [3.8, 4) is 0 Å². The van der Waals surface area contributed by atoms with Crippen LogP contribution in [0.1, 0.15) is 40.5 Å². The molecule has 0 saturated carbocycles. The second-order valence-corrected chi connectivity index (χ2v) is 7.61. The van der Waals surface area contributed by atoms with Crippen LogP contribution in [0.5, 0.6) is 0 Å².